The quantitative estimate of drug-likeness (QED) is 0.727. The monoisotopic (exact) mass is 341 g/mol. The zero-order valence-corrected chi connectivity index (χ0v) is 15.0. The molecule has 2 saturated carbocycles. The van der Waals surface area contributed by atoms with Gasteiger partial charge in [0.05, 0.1) is 12.6 Å². The minimum Gasteiger partial charge on any atom is -0.480 e. The van der Waals surface area contributed by atoms with Crippen LogP contribution in [0, 0.1) is 5.92 Å². The topological polar surface area (TPSA) is 39.9 Å². The molecular weight excluding hydrogens is 314 g/mol. The largest absolute Gasteiger partial charge is 0.480 e. The lowest BCUT2D eigenvalue weighted by Gasteiger charge is -2.22. The lowest BCUT2D eigenvalue weighted by atomic mass is 9.85. The summed E-state index contributed by atoms with van der Waals surface area (Å²) in [5.74, 6) is 1.94. The Bertz CT molecular complexity index is 754. The van der Waals surface area contributed by atoms with Crippen LogP contribution in [-0.4, -0.2) is 24.1 Å². The molecule has 0 aromatic carbocycles. The Labute approximate surface area is 149 Å². The van der Waals surface area contributed by atoms with Gasteiger partial charge in [-0.25, -0.2) is 4.79 Å². The number of methoxy groups -OCH3 is 1. The summed E-state index contributed by atoms with van der Waals surface area (Å²) in [4.78, 5) is 11.4. The van der Waals surface area contributed by atoms with Crippen LogP contribution in [0.25, 0.3) is 5.52 Å². The second kappa shape index (κ2) is 7.11. The molecule has 4 nitrogen and oxygen atoms in total. The van der Waals surface area contributed by atoms with Crippen molar-refractivity contribution in [3.63, 3.8) is 0 Å². The Morgan fingerprint density at radius 3 is 2.72 bits per heavy atom. The molecule has 0 saturated heterocycles. The van der Waals surface area contributed by atoms with E-state index in [4.69, 9.17) is 9.47 Å². The van der Waals surface area contributed by atoms with E-state index < -0.39 is 0 Å². The first-order chi connectivity index (χ1) is 12.3. The van der Waals surface area contributed by atoms with Gasteiger partial charge in [-0.3, -0.25) is 0 Å². The molecule has 2 aliphatic carbocycles. The number of fused-ring (bicyclic) bond motifs is 1. The number of aromatic nitrogens is 1. The van der Waals surface area contributed by atoms with Crippen molar-refractivity contribution >= 4 is 11.5 Å². The molecule has 0 aliphatic heterocycles. The highest BCUT2D eigenvalue weighted by Crippen LogP contribution is 2.45. The van der Waals surface area contributed by atoms with Gasteiger partial charge < -0.3 is 13.9 Å². The van der Waals surface area contributed by atoms with E-state index in [0.29, 0.717) is 5.92 Å². The average Bonchev–Trinajstić information content (AvgIpc) is 3.43. The van der Waals surface area contributed by atoms with Crippen LogP contribution >= 0.6 is 0 Å². The molecule has 2 aliphatic rings. The Kier molecular flexibility index (Phi) is 4.69. The Morgan fingerprint density at radius 1 is 1.20 bits per heavy atom. The highest BCUT2D eigenvalue weighted by Gasteiger charge is 2.30. The molecule has 0 atom stereocenters. The Morgan fingerprint density at radius 2 is 2.00 bits per heavy atom. The normalized spacial score (nSPS) is 18.4. The first-order valence-corrected chi connectivity index (χ1v) is 9.58. The fraction of sp³-hybridized carbons (Fsp3) is 0.571. The molecule has 2 fully saturated rings. The summed E-state index contributed by atoms with van der Waals surface area (Å²) in [6.45, 7) is -0.0436. The number of carbonyl (C=O) groups is 1. The lowest BCUT2D eigenvalue weighted by Crippen LogP contribution is -2.13. The smallest absolute Gasteiger partial charge is 0.343 e. The molecule has 134 valence electrons. The standard InChI is InChI=1S/C21H27NO3/c1-24-21(23)14-25-20-8-5-11-22-18(12-15-6-3-2-4-7-15)17(13-19(20)22)16-9-10-16/h5,8,11,13,15-16H,2-4,6-7,9-10,12,14H2,1H3. The maximum absolute atomic E-state index is 11.4. The van der Waals surface area contributed by atoms with Crippen LogP contribution in [0.4, 0.5) is 0 Å². The first kappa shape index (κ1) is 16.5. The summed E-state index contributed by atoms with van der Waals surface area (Å²) in [6.07, 6.45) is 12.8. The molecule has 25 heavy (non-hydrogen) atoms. The Balaban J connectivity index is 1.65. The molecule has 4 heteroatoms. The maximum atomic E-state index is 11.4. The van der Waals surface area contributed by atoms with Gasteiger partial charge in [0.2, 0.25) is 0 Å². The third-order valence-electron chi connectivity index (χ3n) is 5.71. The summed E-state index contributed by atoms with van der Waals surface area (Å²) < 4.78 is 12.7. The molecule has 0 spiro atoms. The maximum Gasteiger partial charge on any atom is 0.343 e. The molecule has 0 radical (unpaired) electrons. The van der Waals surface area contributed by atoms with Gasteiger partial charge in [0.15, 0.2) is 6.61 Å². The summed E-state index contributed by atoms with van der Waals surface area (Å²) in [5, 5.41) is 0. The minimum absolute atomic E-state index is 0.0436. The van der Waals surface area contributed by atoms with Crippen LogP contribution in [-0.2, 0) is 16.0 Å². The highest BCUT2D eigenvalue weighted by molar-refractivity contribution is 5.72. The van der Waals surface area contributed by atoms with Gasteiger partial charge in [-0.2, -0.15) is 0 Å². The van der Waals surface area contributed by atoms with Crippen LogP contribution in [0.1, 0.15) is 62.1 Å². The fourth-order valence-corrected chi connectivity index (χ4v) is 4.19. The molecule has 2 heterocycles. The lowest BCUT2D eigenvalue weighted by molar-refractivity contribution is -0.142. The van der Waals surface area contributed by atoms with Gasteiger partial charge in [0.1, 0.15) is 5.75 Å². The molecule has 4 rings (SSSR count). The van der Waals surface area contributed by atoms with Crippen LogP contribution in [0.3, 0.4) is 0 Å². The zero-order valence-electron chi connectivity index (χ0n) is 15.0. The van der Waals surface area contributed by atoms with Gasteiger partial charge in [-0.05, 0) is 54.9 Å². The summed E-state index contributed by atoms with van der Waals surface area (Å²) in [7, 11) is 1.39. The summed E-state index contributed by atoms with van der Waals surface area (Å²) in [5.41, 5.74) is 4.05. The van der Waals surface area contributed by atoms with Crippen molar-refractivity contribution in [2.45, 2.75) is 57.3 Å². The number of nitrogens with zero attached hydrogens (tertiary/aromatic N) is 1. The van der Waals surface area contributed by atoms with Gasteiger partial charge >= 0.3 is 5.97 Å². The number of hydrogen-bond acceptors (Lipinski definition) is 3. The average molecular weight is 341 g/mol. The number of ether oxygens (including phenoxy) is 2. The van der Waals surface area contributed by atoms with Gasteiger partial charge in [0.25, 0.3) is 0 Å². The number of pyridine rings is 1. The predicted molar refractivity (Wildman–Crippen MR) is 97.2 cm³/mol. The minimum atomic E-state index is -0.349. The van der Waals surface area contributed by atoms with Crippen molar-refractivity contribution in [3.05, 3.63) is 35.7 Å². The first-order valence-electron chi connectivity index (χ1n) is 9.58. The summed E-state index contributed by atoms with van der Waals surface area (Å²) >= 11 is 0. The molecule has 0 unspecified atom stereocenters. The van der Waals surface area contributed by atoms with Crippen molar-refractivity contribution in [1.29, 1.82) is 0 Å². The number of esters is 1. The van der Waals surface area contributed by atoms with E-state index in [0.717, 1.165) is 17.2 Å². The van der Waals surface area contributed by atoms with E-state index in [1.54, 1.807) is 0 Å². The molecule has 0 N–H and O–H groups in total. The third kappa shape index (κ3) is 3.53. The van der Waals surface area contributed by atoms with Crippen molar-refractivity contribution in [2.24, 2.45) is 5.92 Å². The second-order valence-corrected chi connectivity index (χ2v) is 7.52. The summed E-state index contributed by atoms with van der Waals surface area (Å²) in [6, 6.07) is 6.25. The third-order valence-corrected chi connectivity index (χ3v) is 5.71. The van der Waals surface area contributed by atoms with Crippen molar-refractivity contribution in [2.75, 3.05) is 13.7 Å². The van der Waals surface area contributed by atoms with Crippen LogP contribution < -0.4 is 4.74 Å². The van der Waals surface area contributed by atoms with E-state index in [1.807, 2.05) is 12.1 Å². The molecular formula is C21H27NO3. The van der Waals surface area contributed by atoms with Crippen LogP contribution in [0.5, 0.6) is 5.75 Å². The highest BCUT2D eigenvalue weighted by atomic mass is 16.6. The molecule has 2 aromatic heterocycles. The van der Waals surface area contributed by atoms with E-state index in [1.165, 1.54) is 69.7 Å². The predicted octanol–water partition coefficient (Wildman–Crippen LogP) is 4.49. The van der Waals surface area contributed by atoms with E-state index in [2.05, 4.69) is 16.7 Å². The van der Waals surface area contributed by atoms with Gasteiger partial charge in [-0.1, -0.05) is 32.1 Å². The van der Waals surface area contributed by atoms with Gasteiger partial charge in [0, 0.05) is 11.9 Å². The van der Waals surface area contributed by atoms with Gasteiger partial charge in [-0.15, -0.1) is 0 Å². The fourth-order valence-electron chi connectivity index (χ4n) is 4.19. The zero-order chi connectivity index (χ0) is 17.2. The molecule has 0 amide bonds. The van der Waals surface area contributed by atoms with Crippen molar-refractivity contribution in [3.8, 4) is 5.75 Å². The number of rotatable bonds is 6. The SMILES string of the molecule is COC(=O)COc1cccn2c(CC3CCCCC3)c(C3CC3)cc12. The Hall–Kier alpha value is -1.97. The van der Waals surface area contributed by atoms with Crippen LogP contribution in [0.2, 0.25) is 0 Å². The van der Waals surface area contributed by atoms with E-state index >= 15 is 0 Å². The molecule has 0 bridgehead atoms. The van der Waals surface area contributed by atoms with Crippen molar-refractivity contribution < 1.29 is 14.3 Å². The van der Waals surface area contributed by atoms with E-state index in [-0.39, 0.29) is 12.6 Å². The number of carbonyl (C=O) groups excluding carboxylic acids is 1. The second-order valence-electron chi connectivity index (χ2n) is 7.52. The van der Waals surface area contributed by atoms with E-state index in [9.17, 15) is 4.79 Å². The number of hydrogen-bond donors (Lipinski definition) is 0. The molecule has 2 aromatic rings. The van der Waals surface area contributed by atoms with Crippen molar-refractivity contribution in [1.82, 2.24) is 4.40 Å². The van der Waals surface area contributed by atoms with Crippen LogP contribution in [0.15, 0.2) is 24.4 Å².